The zero-order valence-electron chi connectivity index (χ0n) is 20.3. The van der Waals surface area contributed by atoms with Crippen molar-refractivity contribution in [3.63, 3.8) is 0 Å². The Balaban J connectivity index is 1.37. The molecule has 0 saturated heterocycles. The van der Waals surface area contributed by atoms with Crippen LogP contribution in [-0.4, -0.2) is 35.3 Å². The molecule has 5 rings (SSSR count). The zero-order valence-corrected chi connectivity index (χ0v) is 20.3. The number of nitro groups is 2. The molecular formula is C25H14F3N7O6. The lowest BCUT2D eigenvalue weighted by Crippen LogP contribution is -2.16. The molecule has 16 heteroatoms. The second-order valence-electron chi connectivity index (χ2n) is 8.32. The number of aromatic nitrogens is 4. The second kappa shape index (κ2) is 10.3. The highest BCUT2D eigenvalue weighted by atomic mass is 19.4. The molecule has 5 aromatic rings. The van der Waals surface area contributed by atoms with Crippen LogP contribution in [0.1, 0.15) is 16.3 Å². The first kappa shape index (κ1) is 26.7. The molecule has 41 heavy (non-hydrogen) atoms. The number of benzene rings is 3. The van der Waals surface area contributed by atoms with Gasteiger partial charge in [-0.15, -0.1) is 5.10 Å². The largest absolute Gasteiger partial charge is 0.457 e. The molecule has 0 radical (unpaired) electrons. The van der Waals surface area contributed by atoms with Gasteiger partial charge in [-0.05, 0) is 30.3 Å². The molecule has 0 spiro atoms. The number of carbonyl (C=O) groups is 1. The van der Waals surface area contributed by atoms with E-state index in [1.165, 1.54) is 24.3 Å². The van der Waals surface area contributed by atoms with Crippen molar-refractivity contribution in [3.05, 3.63) is 111 Å². The van der Waals surface area contributed by atoms with Gasteiger partial charge in [-0.3, -0.25) is 25.0 Å². The van der Waals surface area contributed by atoms with Gasteiger partial charge in [0.2, 0.25) is 5.82 Å². The Kier molecular flexibility index (Phi) is 6.72. The normalized spacial score (nSPS) is 11.3. The number of nitrogens with one attached hydrogen (secondary N) is 1. The number of rotatable bonds is 7. The number of non-ortho nitro benzene ring substituents is 2. The summed E-state index contributed by atoms with van der Waals surface area (Å²) >= 11 is 0. The molecule has 2 heterocycles. The Hall–Kier alpha value is -5.93. The smallest absolute Gasteiger partial charge is 0.433 e. The molecular weight excluding hydrogens is 551 g/mol. The molecule has 0 aliphatic rings. The highest BCUT2D eigenvalue weighted by molar-refractivity contribution is 6.01. The number of hydrogen-bond acceptors (Lipinski definition) is 9. The van der Waals surface area contributed by atoms with Gasteiger partial charge < -0.3 is 10.1 Å². The van der Waals surface area contributed by atoms with Crippen molar-refractivity contribution in [2.45, 2.75) is 6.18 Å². The molecule has 0 saturated carbocycles. The minimum absolute atomic E-state index is 0.00514. The predicted octanol–water partition coefficient (Wildman–Crippen LogP) is 5.67. The van der Waals surface area contributed by atoms with Crippen molar-refractivity contribution in [3.8, 4) is 22.8 Å². The quantitative estimate of drug-likeness (QED) is 0.193. The molecule has 0 unspecified atom stereocenters. The third-order valence-corrected chi connectivity index (χ3v) is 5.52. The van der Waals surface area contributed by atoms with Crippen LogP contribution in [0.5, 0.6) is 11.5 Å². The van der Waals surface area contributed by atoms with E-state index < -0.39 is 50.6 Å². The maximum absolute atomic E-state index is 13.8. The van der Waals surface area contributed by atoms with Gasteiger partial charge >= 0.3 is 6.18 Å². The van der Waals surface area contributed by atoms with Crippen LogP contribution in [0.15, 0.2) is 78.9 Å². The van der Waals surface area contributed by atoms with Gasteiger partial charge in [-0.1, -0.05) is 30.3 Å². The van der Waals surface area contributed by atoms with E-state index in [2.05, 4.69) is 20.4 Å². The van der Waals surface area contributed by atoms with Crippen LogP contribution in [0.25, 0.3) is 17.0 Å². The van der Waals surface area contributed by atoms with Crippen LogP contribution in [0.2, 0.25) is 0 Å². The molecule has 0 atom stereocenters. The van der Waals surface area contributed by atoms with Gasteiger partial charge in [0.1, 0.15) is 11.5 Å². The highest BCUT2D eigenvalue weighted by Gasteiger charge is 2.36. The van der Waals surface area contributed by atoms with E-state index in [9.17, 15) is 38.2 Å². The fourth-order valence-corrected chi connectivity index (χ4v) is 3.69. The maximum Gasteiger partial charge on any atom is 0.433 e. The monoisotopic (exact) mass is 565 g/mol. The molecule has 0 bridgehead atoms. The van der Waals surface area contributed by atoms with E-state index in [1.54, 1.807) is 30.3 Å². The van der Waals surface area contributed by atoms with Gasteiger partial charge in [0, 0.05) is 11.3 Å². The Labute approximate surface area is 226 Å². The molecule has 0 aliphatic heterocycles. The summed E-state index contributed by atoms with van der Waals surface area (Å²) in [6.45, 7) is 0. The average molecular weight is 565 g/mol. The van der Waals surface area contributed by atoms with Crippen LogP contribution < -0.4 is 10.1 Å². The van der Waals surface area contributed by atoms with Crippen molar-refractivity contribution in [1.82, 2.24) is 19.6 Å². The third kappa shape index (κ3) is 5.75. The van der Waals surface area contributed by atoms with Crippen molar-refractivity contribution in [2.75, 3.05) is 5.32 Å². The van der Waals surface area contributed by atoms with Crippen LogP contribution in [0, 0.1) is 20.2 Å². The van der Waals surface area contributed by atoms with E-state index in [-0.39, 0.29) is 22.9 Å². The number of fused-ring (bicyclic) bond motifs is 1. The predicted molar refractivity (Wildman–Crippen MR) is 135 cm³/mol. The van der Waals surface area contributed by atoms with E-state index in [1.807, 2.05) is 0 Å². The fourth-order valence-electron chi connectivity index (χ4n) is 3.69. The third-order valence-electron chi connectivity index (χ3n) is 5.52. The Morgan fingerprint density at radius 1 is 0.854 bits per heavy atom. The summed E-state index contributed by atoms with van der Waals surface area (Å²) in [5.41, 5.74) is -1.67. The lowest BCUT2D eigenvalue weighted by Gasteiger charge is -2.10. The molecule has 1 amide bonds. The number of carbonyl (C=O) groups excluding carboxylic acids is 1. The topological polar surface area (TPSA) is 168 Å². The van der Waals surface area contributed by atoms with Crippen LogP contribution in [-0.2, 0) is 6.18 Å². The van der Waals surface area contributed by atoms with E-state index in [0.29, 0.717) is 10.1 Å². The maximum atomic E-state index is 13.8. The second-order valence-corrected chi connectivity index (χ2v) is 8.32. The van der Waals surface area contributed by atoms with Gasteiger partial charge in [-0.2, -0.15) is 22.7 Å². The van der Waals surface area contributed by atoms with Gasteiger partial charge in [0.25, 0.3) is 23.1 Å². The first-order chi connectivity index (χ1) is 19.5. The van der Waals surface area contributed by atoms with Crippen molar-refractivity contribution in [2.24, 2.45) is 0 Å². The number of amides is 1. The summed E-state index contributed by atoms with van der Waals surface area (Å²) in [5, 5.41) is 28.3. The molecule has 206 valence electrons. The van der Waals surface area contributed by atoms with Gasteiger partial charge in [0.05, 0.1) is 33.7 Å². The van der Waals surface area contributed by atoms with E-state index in [4.69, 9.17) is 4.74 Å². The Bertz CT molecular complexity index is 1780. The van der Waals surface area contributed by atoms with Gasteiger partial charge in [0.15, 0.2) is 5.69 Å². The molecule has 0 aliphatic carbocycles. The standard InChI is InChI=1S/C25H14F3N7O6/c26-25(27,28)21-13-20(14-4-2-1-3-5-14)30-24-31-22(32-33(21)24)23(36)29-15-6-8-18(9-7-15)41-19-11-16(34(37)38)10-17(12-19)35(39)40/h1-13H,(H,29,36). The van der Waals surface area contributed by atoms with E-state index >= 15 is 0 Å². The number of alkyl halides is 3. The molecule has 2 aromatic heterocycles. The van der Waals surface area contributed by atoms with Crippen LogP contribution in [0.4, 0.5) is 30.2 Å². The number of halogens is 3. The van der Waals surface area contributed by atoms with Crippen LogP contribution in [0.3, 0.4) is 0 Å². The summed E-state index contributed by atoms with van der Waals surface area (Å²) in [5.74, 6) is -1.97. The Morgan fingerprint density at radius 2 is 1.49 bits per heavy atom. The fraction of sp³-hybridized carbons (Fsp3) is 0.0400. The molecule has 13 nitrogen and oxygen atoms in total. The average Bonchev–Trinajstić information content (AvgIpc) is 3.38. The number of hydrogen-bond donors (Lipinski definition) is 1. The van der Waals surface area contributed by atoms with Crippen molar-refractivity contribution < 1.29 is 32.5 Å². The summed E-state index contributed by atoms with van der Waals surface area (Å²) in [6, 6.07) is 17.2. The number of nitro benzene ring substituents is 2. The Morgan fingerprint density at radius 3 is 2.07 bits per heavy atom. The minimum atomic E-state index is -4.82. The first-order valence-corrected chi connectivity index (χ1v) is 11.4. The summed E-state index contributed by atoms with van der Waals surface area (Å²) in [6.07, 6.45) is -4.82. The number of anilines is 1. The first-order valence-electron chi connectivity index (χ1n) is 11.4. The highest BCUT2D eigenvalue weighted by Crippen LogP contribution is 2.33. The molecule has 1 N–H and O–H groups in total. The van der Waals surface area contributed by atoms with Crippen molar-refractivity contribution >= 4 is 28.7 Å². The van der Waals surface area contributed by atoms with Crippen LogP contribution >= 0.6 is 0 Å². The molecule has 3 aromatic carbocycles. The van der Waals surface area contributed by atoms with Crippen molar-refractivity contribution in [1.29, 1.82) is 0 Å². The zero-order chi connectivity index (χ0) is 29.3. The lowest BCUT2D eigenvalue weighted by molar-refractivity contribution is -0.394. The lowest BCUT2D eigenvalue weighted by atomic mass is 10.1. The minimum Gasteiger partial charge on any atom is -0.457 e. The SMILES string of the molecule is O=C(Nc1ccc(Oc2cc([N+](=O)[O-])cc([N+](=O)[O-])c2)cc1)c1nc2nc(-c3ccccc3)cc(C(F)(F)F)n2n1. The van der Waals surface area contributed by atoms with Gasteiger partial charge in [-0.25, -0.2) is 4.98 Å². The number of ether oxygens (including phenoxy) is 1. The van der Waals surface area contributed by atoms with E-state index in [0.717, 1.165) is 24.3 Å². The molecule has 0 fully saturated rings. The number of nitrogens with zero attached hydrogens (tertiary/aromatic N) is 6. The summed E-state index contributed by atoms with van der Waals surface area (Å²) in [7, 11) is 0. The summed E-state index contributed by atoms with van der Waals surface area (Å²) in [4.78, 5) is 41.3. The summed E-state index contributed by atoms with van der Waals surface area (Å²) < 4.78 is 47.3.